The fourth-order valence-electron chi connectivity index (χ4n) is 3.52. The molecule has 0 bridgehead atoms. The third kappa shape index (κ3) is 3.29. The van der Waals surface area contributed by atoms with E-state index in [0.29, 0.717) is 13.0 Å². The van der Waals surface area contributed by atoms with Gasteiger partial charge in [-0.1, -0.05) is 12.1 Å². The highest BCUT2D eigenvalue weighted by Gasteiger charge is 2.46. The van der Waals surface area contributed by atoms with Gasteiger partial charge in [0.25, 0.3) is 0 Å². The first kappa shape index (κ1) is 17.2. The Morgan fingerprint density at radius 3 is 2.80 bits per heavy atom. The van der Waals surface area contributed by atoms with E-state index in [2.05, 4.69) is 0 Å². The van der Waals surface area contributed by atoms with Crippen LogP contribution in [0.2, 0.25) is 0 Å². The number of amides is 3. The van der Waals surface area contributed by atoms with Crippen molar-refractivity contribution in [3.8, 4) is 0 Å². The number of piperazine rings is 1. The lowest BCUT2D eigenvalue weighted by atomic mass is 10.0. The van der Waals surface area contributed by atoms with Gasteiger partial charge in [-0.3, -0.25) is 14.5 Å². The highest BCUT2D eigenvalue weighted by Crippen LogP contribution is 2.25. The summed E-state index contributed by atoms with van der Waals surface area (Å²) in [5.41, 5.74) is 0.762. The van der Waals surface area contributed by atoms with Crippen LogP contribution < -0.4 is 0 Å². The summed E-state index contributed by atoms with van der Waals surface area (Å²) < 4.78 is 13.3. The van der Waals surface area contributed by atoms with Gasteiger partial charge in [0.05, 0.1) is 6.54 Å². The Morgan fingerprint density at radius 2 is 2.12 bits per heavy atom. The smallest absolute Gasteiger partial charge is 0.409 e. The Hall–Kier alpha value is -2.64. The fourth-order valence-corrected chi connectivity index (χ4v) is 3.52. The van der Waals surface area contributed by atoms with Crippen LogP contribution in [0.1, 0.15) is 18.9 Å². The van der Waals surface area contributed by atoms with Crippen LogP contribution in [0.4, 0.5) is 9.18 Å². The van der Waals surface area contributed by atoms with Crippen molar-refractivity contribution in [1.29, 1.82) is 0 Å². The highest BCUT2D eigenvalue weighted by molar-refractivity contribution is 5.90. The molecule has 0 radical (unpaired) electrons. The predicted octanol–water partition coefficient (Wildman–Crippen LogP) is 1.14. The van der Waals surface area contributed by atoms with Crippen LogP contribution in [0, 0.1) is 5.82 Å². The van der Waals surface area contributed by atoms with Crippen LogP contribution in [-0.4, -0.2) is 69.6 Å². The molecular weight excluding hydrogens is 329 g/mol. The monoisotopic (exact) mass is 349 g/mol. The first-order valence-corrected chi connectivity index (χ1v) is 8.22. The number of nitrogens with zero attached hydrogens (tertiary/aromatic N) is 3. The van der Waals surface area contributed by atoms with Gasteiger partial charge in [0.15, 0.2) is 0 Å². The highest BCUT2D eigenvalue weighted by atomic mass is 19.1. The largest absolute Gasteiger partial charge is 0.465 e. The van der Waals surface area contributed by atoms with Crippen molar-refractivity contribution in [2.24, 2.45) is 0 Å². The minimum Gasteiger partial charge on any atom is -0.465 e. The van der Waals surface area contributed by atoms with Crippen LogP contribution in [0.15, 0.2) is 24.3 Å². The minimum absolute atomic E-state index is 0.0870. The molecule has 0 saturated carbocycles. The fraction of sp³-hybridized carbons (Fsp3) is 0.471. The Bertz CT molecular complexity index is 711. The molecule has 2 saturated heterocycles. The molecule has 0 aromatic heterocycles. The lowest BCUT2D eigenvalue weighted by Crippen LogP contribution is -2.70. The Kier molecular flexibility index (Phi) is 4.61. The van der Waals surface area contributed by atoms with E-state index in [1.54, 1.807) is 24.0 Å². The lowest BCUT2D eigenvalue weighted by molar-refractivity contribution is -0.166. The van der Waals surface area contributed by atoms with Crippen molar-refractivity contribution in [2.75, 3.05) is 19.6 Å². The van der Waals surface area contributed by atoms with E-state index in [9.17, 15) is 23.9 Å². The van der Waals surface area contributed by atoms with E-state index in [1.807, 2.05) is 0 Å². The Balaban J connectivity index is 1.76. The van der Waals surface area contributed by atoms with Gasteiger partial charge >= 0.3 is 6.09 Å². The number of carboxylic acid groups (broad SMARTS) is 1. The van der Waals surface area contributed by atoms with Crippen molar-refractivity contribution < 1.29 is 23.9 Å². The summed E-state index contributed by atoms with van der Waals surface area (Å²) in [6.07, 6.45) is -1.22. The van der Waals surface area contributed by atoms with E-state index in [-0.39, 0.29) is 37.1 Å². The maximum absolute atomic E-state index is 13.3. The Labute approximate surface area is 144 Å². The molecule has 0 aliphatic carbocycles. The summed E-state index contributed by atoms with van der Waals surface area (Å²) in [7, 11) is 0. The number of fused-ring (bicyclic) bond motifs is 1. The average Bonchev–Trinajstić information content (AvgIpc) is 2.56. The zero-order chi connectivity index (χ0) is 18.1. The van der Waals surface area contributed by atoms with E-state index in [0.717, 1.165) is 5.56 Å². The third-order valence-electron chi connectivity index (χ3n) is 4.81. The number of benzene rings is 1. The molecule has 2 aliphatic rings. The lowest BCUT2D eigenvalue weighted by Gasteiger charge is -2.50. The zero-order valence-electron chi connectivity index (χ0n) is 13.9. The van der Waals surface area contributed by atoms with Crippen molar-refractivity contribution in [2.45, 2.75) is 32.0 Å². The van der Waals surface area contributed by atoms with Crippen molar-refractivity contribution >= 4 is 17.9 Å². The van der Waals surface area contributed by atoms with Gasteiger partial charge in [-0.2, -0.15) is 0 Å². The number of halogens is 1. The molecule has 3 rings (SSSR count). The quantitative estimate of drug-likeness (QED) is 0.887. The van der Waals surface area contributed by atoms with Crippen LogP contribution >= 0.6 is 0 Å². The normalized spacial score (nSPS) is 23.7. The third-order valence-corrected chi connectivity index (χ3v) is 4.81. The first-order valence-electron chi connectivity index (χ1n) is 8.22. The van der Waals surface area contributed by atoms with E-state index < -0.39 is 18.3 Å². The average molecular weight is 349 g/mol. The molecule has 1 aromatic carbocycles. The summed E-state index contributed by atoms with van der Waals surface area (Å²) in [6.45, 7) is 2.23. The Morgan fingerprint density at radius 1 is 1.36 bits per heavy atom. The first-order chi connectivity index (χ1) is 11.9. The van der Waals surface area contributed by atoms with Crippen molar-refractivity contribution in [1.82, 2.24) is 14.7 Å². The van der Waals surface area contributed by atoms with Gasteiger partial charge < -0.3 is 14.9 Å². The standard InChI is InChI=1S/C17H20FN3O4/c1-11-16(23)19(7-5-12-3-2-4-13(18)9-12)10-14-20(17(24)25)8-6-15(22)21(11)14/h2-4,9,11,14H,5-8,10H2,1H3,(H,24,25)/t11-,14+/m0/s1. The van der Waals surface area contributed by atoms with E-state index >= 15 is 0 Å². The number of carbonyl (C=O) groups excluding carboxylic acids is 2. The van der Waals surface area contributed by atoms with Crippen LogP contribution in [0.5, 0.6) is 0 Å². The van der Waals surface area contributed by atoms with E-state index in [4.69, 9.17) is 0 Å². The molecule has 2 fully saturated rings. The van der Waals surface area contributed by atoms with Crippen LogP contribution in [0.25, 0.3) is 0 Å². The van der Waals surface area contributed by atoms with Gasteiger partial charge in [0.1, 0.15) is 18.0 Å². The molecule has 0 spiro atoms. The molecule has 2 atom stereocenters. The molecular formula is C17H20FN3O4. The molecule has 1 aromatic rings. The number of hydrogen-bond acceptors (Lipinski definition) is 3. The predicted molar refractivity (Wildman–Crippen MR) is 86.1 cm³/mol. The maximum atomic E-state index is 13.3. The second kappa shape index (κ2) is 6.70. The topological polar surface area (TPSA) is 81.2 Å². The molecule has 7 nitrogen and oxygen atoms in total. The number of hydrogen-bond donors (Lipinski definition) is 1. The van der Waals surface area contributed by atoms with Gasteiger partial charge in [-0.05, 0) is 31.0 Å². The summed E-state index contributed by atoms with van der Waals surface area (Å²) in [5, 5.41) is 9.38. The molecule has 8 heteroatoms. The minimum atomic E-state index is -1.10. The maximum Gasteiger partial charge on any atom is 0.409 e. The SMILES string of the molecule is C[C@H]1C(=O)N(CCc2cccc(F)c2)C[C@@H]2N(C(=O)O)CCC(=O)N21. The molecule has 0 unspecified atom stereocenters. The molecule has 2 heterocycles. The second-order valence-corrected chi connectivity index (χ2v) is 6.35. The molecule has 134 valence electrons. The number of carbonyl (C=O) groups is 3. The molecule has 25 heavy (non-hydrogen) atoms. The van der Waals surface area contributed by atoms with Gasteiger partial charge in [-0.25, -0.2) is 9.18 Å². The van der Waals surface area contributed by atoms with E-state index in [1.165, 1.54) is 21.9 Å². The molecule has 2 aliphatic heterocycles. The van der Waals surface area contributed by atoms with Gasteiger partial charge in [-0.15, -0.1) is 0 Å². The summed E-state index contributed by atoms with van der Waals surface area (Å²) in [4.78, 5) is 40.4. The summed E-state index contributed by atoms with van der Waals surface area (Å²) in [5.74, 6) is -0.752. The van der Waals surface area contributed by atoms with Gasteiger partial charge in [0.2, 0.25) is 11.8 Å². The number of rotatable bonds is 3. The van der Waals surface area contributed by atoms with Crippen molar-refractivity contribution in [3.05, 3.63) is 35.6 Å². The van der Waals surface area contributed by atoms with Crippen LogP contribution in [0.3, 0.4) is 0 Å². The molecule has 1 N–H and O–H groups in total. The van der Waals surface area contributed by atoms with Gasteiger partial charge in [0, 0.05) is 19.5 Å². The summed E-state index contributed by atoms with van der Waals surface area (Å²) in [6, 6.07) is 5.45. The second-order valence-electron chi connectivity index (χ2n) is 6.35. The van der Waals surface area contributed by atoms with Crippen molar-refractivity contribution in [3.63, 3.8) is 0 Å². The molecule has 3 amide bonds. The zero-order valence-corrected chi connectivity index (χ0v) is 13.9. The van der Waals surface area contributed by atoms with Crippen LogP contribution in [-0.2, 0) is 16.0 Å². The summed E-state index contributed by atoms with van der Waals surface area (Å²) >= 11 is 0.